The lowest BCUT2D eigenvalue weighted by Gasteiger charge is -2.39. The van der Waals surface area contributed by atoms with Gasteiger partial charge in [-0.15, -0.1) is 11.8 Å². The van der Waals surface area contributed by atoms with E-state index >= 15 is 0 Å². The van der Waals surface area contributed by atoms with E-state index in [0.29, 0.717) is 12.1 Å². The average molecular weight is 187 g/mol. The molecule has 3 heteroatoms. The summed E-state index contributed by atoms with van der Waals surface area (Å²) >= 11 is 2.05. The zero-order valence-corrected chi connectivity index (χ0v) is 8.62. The quantitative estimate of drug-likeness (QED) is 0.622. The molecule has 1 spiro atoms. The van der Waals surface area contributed by atoms with E-state index in [-0.39, 0.29) is 4.87 Å². The first-order valence-corrected chi connectivity index (χ1v) is 5.75. The van der Waals surface area contributed by atoms with Crippen LogP contribution < -0.4 is 5.32 Å². The van der Waals surface area contributed by atoms with Crippen LogP contribution in [0.25, 0.3) is 0 Å². The van der Waals surface area contributed by atoms with Crippen LogP contribution in [0.1, 0.15) is 26.7 Å². The van der Waals surface area contributed by atoms with Gasteiger partial charge in [-0.05, 0) is 26.0 Å². The van der Waals surface area contributed by atoms with Crippen molar-refractivity contribution in [3.8, 4) is 0 Å². The van der Waals surface area contributed by atoms with Crippen molar-refractivity contribution in [2.75, 3.05) is 12.4 Å². The second kappa shape index (κ2) is 3.20. The molecule has 2 saturated heterocycles. The Morgan fingerprint density at radius 2 is 2.33 bits per heavy atom. The van der Waals surface area contributed by atoms with Gasteiger partial charge in [-0.25, -0.2) is 0 Å². The topological polar surface area (TPSA) is 21.3 Å². The Morgan fingerprint density at radius 1 is 1.50 bits per heavy atom. The van der Waals surface area contributed by atoms with E-state index in [4.69, 9.17) is 4.74 Å². The summed E-state index contributed by atoms with van der Waals surface area (Å²) in [6.07, 6.45) is 2.84. The lowest BCUT2D eigenvalue weighted by atomic mass is 10.1. The molecule has 2 nitrogen and oxygen atoms in total. The molecule has 12 heavy (non-hydrogen) atoms. The molecule has 2 heterocycles. The molecule has 2 fully saturated rings. The lowest BCUT2D eigenvalue weighted by Crippen LogP contribution is -2.54. The molecule has 0 bridgehead atoms. The minimum atomic E-state index is 0.248. The number of ether oxygens (including phenoxy) is 1. The van der Waals surface area contributed by atoms with Crippen LogP contribution >= 0.6 is 11.8 Å². The van der Waals surface area contributed by atoms with Crippen LogP contribution in [-0.2, 0) is 4.74 Å². The first-order chi connectivity index (χ1) is 5.73. The van der Waals surface area contributed by atoms with Crippen LogP contribution in [0.15, 0.2) is 0 Å². The van der Waals surface area contributed by atoms with Gasteiger partial charge in [0, 0.05) is 19.1 Å². The second-order valence-corrected chi connectivity index (χ2v) is 5.26. The molecule has 0 aliphatic carbocycles. The average Bonchev–Trinajstić information content (AvgIpc) is 2.33. The van der Waals surface area contributed by atoms with Crippen LogP contribution in [0.4, 0.5) is 0 Å². The van der Waals surface area contributed by atoms with Gasteiger partial charge in [0.25, 0.3) is 0 Å². The van der Waals surface area contributed by atoms with E-state index < -0.39 is 0 Å². The highest BCUT2D eigenvalue weighted by molar-refractivity contribution is 8.00. The molecule has 0 saturated carbocycles. The van der Waals surface area contributed by atoms with Gasteiger partial charge in [-0.3, -0.25) is 5.32 Å². The molecular weight excluding hydrogens is 170 g/mol. The number of rotatable bonds is 0. The van der Waals surface area contributed by atoms with Crippen LogP contribution in [0.5, 0.6) is 0 Å². The number of thioether (sulfide) groups is 1. The number of hydrogen-bond donors (Lipinski definition) is 1. The summed E-state index contributed by atoms with van der Waals surface area (Å²) in [5.41, 5.74) is 0. The van der Waals surface area contributed by atoms with Gasteiger partial charge in [-0.1, -0.05) is 0 Å². The predicted molar refractivity (Wildman–Crippen MR) is 52.4 cm³/mol. The first-order valence-electron chi connectivity index (χ1n) is 4.76. The summed E-state index contributed by atoms with van der Waals surface area (Å²) in [5.74, 6) is 1.28. The Balaban J connectivity index is 2.08. The van der Waals surface area contributed by atoms with Crippen molar-refractivity contribution in [2.45, 2.75) is 43.7 Å². The van der Waals surface area contributed by atoms with Crippen molar-refractivity contribution in [3.63, 3.8) is 0 Å². The summed E-state index contributed by atoms with van der Waals surface area (Å²) in [5, 5.41) is 3.68. The molecule has 3 unspecified atom stereocenters. The van der Waals surface area contributed by atoms with E-state index in [9.17, 15) is 0 Å². The smallest absolute Gasteiger partial charge is 0.0931 e. The molecule has 0 aromatic heterocycles. The molecule has 0 aromatic rings. The summed E-state index contributed by atoms with van der Waals surface area (Å²) in [6, 6.07) is 0.662. The Labute approximate surface area is 78.4 Å². The predicted octanol–water partition coefficient (Wildman–Crippen LogP) is 1.61. The van der Waals surface area contributed by atoms with E-state index in [1.54, 1.807) is 0 Å². The number of nitrogens with one attached hydrogen (secondary N) is 1. The summed E-state index contributed by atoms with van der Waals surface area (Å²) in [7, 11) is 0. The van der Waals surface area contributed by atoms with Crippen LogP contribution in [0.3, 0.4) is 0 Å². The molecule has 0 radical (unpaired) electrons. The fourth-order valence-corrected chi connectivity index (χ4v) is 3.70. The van der Waals surface area contributed by atoms with Gasteiger partial charge >= 0.3 is 0 Å². The third kappa shape index (κ3) is 1.38. The van der Waals surface area contributed by atoms with Crippen molar-refractivity contribution in [1.82, 2.24) is 5.32 Å². The highest BCUT2D eigenvalue weighted by Crippen LogP contribution is 2.40. The largest absolute Gasteiger partial charge is 0.376 e. The Hall–Kier alpha value is 0.270. The SMILES string of the molecule is CC1CCSC2(CCOC2C)N1. The van der Waals surface area contributed by atoms with Crippen molar-refractivity contribution in [3.05, 3.63) is 0 Å². The molecule has 2 rings (SSSR count). The van der Waals surface area contributed by atoms with Crippen LogP contribution in [0.2, 0.25) is 0 Å². The van der Waals surface area contributed by atoms with Gasteiger partial charge in [-0.2, -0.15) is 0 Å². The monoisotopic (exact) mass is 187 g/mol. The van der Waals surface area contributed by atoms with Gasteiger partial charge in [0.2, 0.25) is 0 Å². The fourth-order valence-electron chi connectivity index (χ4n) is 2.05. The lowest BCUT2D eigenvalue weighted by molar-refractivity contribution is 0.103. The minimum Gasteiger partial charge on any atom is -0.376 e. The zero-order chi connectivity index (χ0) is 8.60. The van der Waals surface area contributed by atoms with Crippen molar-refractivity contribution < 1.29 is 4.74 Å². The molecule has 70 valence electrons. The van der Waals surface area contributed by atoms with E-state index in [0.717, 1.165) is 6.61 Å². The maximum absolute atomic E-state index is 5.61. The number of hydrogen-bond acceptors (Lipinski definition) is 3. The Kier molecular flexibility index (Phi) is 2.36. The molecule has 0 aromatic carbocycles. The van der Waals surface area contributed by atoms with Gasteiger partial charge in [0.05, 0.1) is 11.0 Å². The van der Waals surface area contributed by atoms with E-state index in [2.05, 4.69) is 19.2 Å². The summed E-state index contributed by atoms with van der Waals surface area (Å²) in [6.45, 7) is 5.38. The van der Waals surface area contributed by atoms with Crippen molar-refractivity contribution >= 4 is 11.8 Å². The molecule has 0 amide bonds. The normalized spacial score (nSPS) is 48.5. The standard InChI is InChI=1S/C9H17NOS/c1-7-3-6-12-9(10-7)4-5-11-8(9)2/h7-8,10H,3-6H2,1-2H3. The second-order valence-electron chi connectivity index (χ2n) is 3.84. The van der Waals surface area contributed by atoms with Crippen LogP contribution in [0, 0.1) is 0 Å². The third-order valence-electron chi connectivity index (χ3n) is 2.90. The van der Waals surface area contributed by atoms with Crippen LogP contribution in [-0.4, -0.2) is 29.4 Å². The summed E-state index contributed by atoms with van der Waals surface area (Å²) < 4.78 is 5.61. The maximum atomic E-state index is 5.61. The van der Waals surface area contributed by atoms with Gasteiger partial charge < -0.3 is 4.74 Å². The molecule has 2 aliphatic rings. The first kappa shape index (κ1) is 8.85. The molecular formula is C9H17NOS. The van der Waals surface area contributed by atoms with Gasteiger partial charge in [0.15, 0.2) is 0 Å². The minimum absolute atomic E-state index is 0.248. The highest BCUT2D eigenvalue weighted by atomic mass is 32.2. The Morgan fingerprint density at radius 3 is 2.92 bits per heavy atom. The molecule has 3 atom stereocenters. The highest BCUT2D eigenvalue weighted by Gasteiger charge is 2.44. The molecule has 2 aliphatic heterocycles. The van der Waals surface area contributed by atoms with Gasteiger partial charge in [0.1, 0.15) is 0 Å². The van der Waals surface area contributed by atoms with E-state index in [1.165, 1.54) is 18.6 Å². The molecule has 1 N–H and O–H groups in total. The van der Waals surface area contributed by atoms with E-state index in [1.807, 2.05) is 11.8 Å². The zero-order valence-electron chi connectivity index (χ0n) is 7.80. The summed E-state index contributed by atoms with van der Waals surface area (Å²) in [4.78, 5) is 0.248. The Bertz CT molecular complexity index is 176. The fraction of sp³-hybridized carbons (Fsp3) is 1.00. The van der Waals surface area contributed by atoms with Crippen molar-refractivity contribution in [2.24, 2.45) is 0 Å². The third-order valence-corrected chi connectivity index (χ3v) is 4.51. The van der Waals surface area contributed by atoms with Crippen molar-refractivity contribution in [1.29, 1.82) is 0 Å². The maximum Gasteiger partial charge on any atom is 0.0931 e.